The zero-order valence-corrected chi connectivity index (χ0v) is 20.4. The number of nitrogens with one attached hydrogen (secondary N) is 2. The van der Waals surface area contributed by atoms with E-state index in [0.29, 0.717) is 29.6 Å². The Kier molecular flexibility index (Phi) is 8.24. The zero-order valence-electron chi connectivity index (χ0n) is 20.4. The Morgan fingerprint density at radius 2 is 1.56 bits per heavy atom. The Balaban J connectivity index is 1.52. The van der Waals surface area contributed by atoms with Gasteiger partial charge in [-0.05, 0) is 67.8 Å². The van der Waals surface area contributed by atoms with Gasteiger partial charge in [0.2, 0.25) is 11.9 Å². The molecule has 2 aromatic carbocycles. The van der Waals surface area contributed by atoms with Crippen LogP contribution >= 0.6 is 0 Å². The van der Waals surface area contributed by atoms with E-state index in [0.717, 1.165) is 61.8 Å². The molecule has 4 rings (SSSR count). The molecule has 10 heteroatoms. The Morgan fingerprint density at radius 1 is 0.917 bits per heavy atom. The second kappa shape index (κ2) is 11.9. The summed E-state index contributed by atoms with van der Waals surface area (Å²) < 4.78 is 11.3. The van der Waals surface area contributed by atoms with Crippen LogP contribution in [0.15, 0.2) is 36.4 Å². The maximum Gasteiger partial charge on any atom is 0.323 e. The molecule has 0 bridgehead atoms. The first-order chi connectivity index (χ1) is 17.5. The Hall–Kier alpha value is -4.25. The van der Waals surface area contributed by atoms with Crippen molar-refractivity contribution in [1.29, 1.82) is 10.5 Å². The topological polar surface area (TPSA) is 132 Å². The van der Waals surface area contributed by atoms with Crippen molar-refractivity contribution >= 4 is 23.3 Å². The van der Waals surface area contributed by atoms with Crippen molar-refractivity contribution in [2.75, 3.05) is 50.1 Å². The lowest BCUT2D eigenvalue weighted by Gasteiger charge is -2.26. The minimum Gasteiger partial charge on any atom is -0.463 e. The van der Waals surface area contributed by atoms with Gasteiger partial charge >= 0.3 is 6.01 Å². The van der Waals surface area contributed by atoms with Gasteiger partial charge in [0.05, 0.1) is 43.1 Å². The predicted octanol–water partition coefficient (Wildman–Crippen LogP) is 3.82. The number of hydrogen-bond donors (Lipinski definition) is 2. The van der Waals surface area contributed by atoms with E-state index in [9.17, 15) is 5.26 Å². The Labute approximate surface area is 210 Å². The molecule has 0 unspecified atom stereocenters. The van der Waals surface area contributed by atoms with Crippen LogP contribution < -0.4 is 15.4 Å². The number of nitriles is 2. The second-order valence-electron chi connectivity index (χ2n) is 8.46. The number of aryl methyl sites for hydroxylation is 2. The molecule has 0 radical (unpaired) electrons. The molecule has 2 N–H and O–H groups in total. The van der Waals surface area contributed by atoms with Gasteiger partial charge in [0.15, 0.2) is 0 Å². The highest BCUT2D eigenvalue weighted by Gasteiger charge is 2.13. The molecule has 1 aliphatic rings. The van der Waals surface area contributed by atoms with Crippen LogP contribution in [-0.4, -0.2) is 59.3 Å². The van der Waals surface area contributed by atoms with E-state index in [1.165, 1.54) is 0 Å². The first-order valence-corrected chi connectivity index (χ1v) is 11.8. The summed E-state index contributed by atoms with van der Waals surface area (Å²) in [5, 5.41) is 24.7. The lowest BCUT2D eigenvalue weighted by molar-refractivity contribution is 0.0356. The van der Waals surface area contributed by atoms with Gasteiger partial charge in [-0.2, -0.15) is 25.5 Å². The number of anilines is 4. The average molecular weight is 485 g/mol. The summed E-state index contributed by atoms with van der Waals surface area (Å²) in [6.45, 7) is 8.63. The summed E-state index contributed by atoms with van der Waals surface area (Å²) in [5.41, 5.74) is 4.52. The van der Waals surface area contributed by atoms with Crippen LogP contribution in [0, 0.1) is 36.5 Å². The van der Waals surface area contributed by atoms with Crippen molar-refractivity contribution in [1.82, 2.24) is 19.9 Å². The van der Waals surface area contributed by atoms with Gasteiger partial charge in [0.1, 0.15) is 0 Å². The van der Waals surface area contributed by atoms with Crippen LogP contribution in [0.3, 0.4) is 0 Å². The van der Waals surface area contributed by atoms with Gasteiger partial charge in [-0.1, -0.05) is 0 Å². The van der Waals surface area contributed by atoms with Crippen molar-refractivity contribution in [3.63, 3.8) is 0 Å². The standard InChI is InChI=1S/C26H28N8O2/c1-18-14-21(17-28)15-19(2)23(18)30-25-31-24(29-22-6-4-20(16-27)5-7-22)32-26(33-25)36-11-3-8-34-9-12-35-13-10-34/h4-7,14-15H,3,8-13H2,1-2H3,(H2,29,30,31,32,33). The van der Waals surface area contributed by atoms with Gasteiger partial charge in [0, 0.05) is 31.0 Å². The first-order valence-electron chi connectivity index (χ1n) is 11.8. The minimum absolute atomic E-state index is 0.203. The van der Waals surface area contributed by atoms with Crippen molar-refractivity contribution in [3.8, 4) is 18.1 Å². The molecule has 1 aliphatic heterocycles. The van der Waals surface area contributed by atoms with E-state index in [2.05, 4.69) is 42.6 Å². The van der Waals surface area contributed by atoms with E-state index in [4.69, 9.17) is 14.7 Å². The molecule has 1 aromatic heterocycles. The van der Waals surface area contributed by atoms with Crippen molar-refractivity contribution in [2.45, 2.75) is 20.3 Å². The van der Waals surface area contributed by atoms with E-state index < -0.39 is 0 Å². The van der Waals surface area contributed by atoms with Crippen molar-refractivity contribution in [3.05, 3.63) is 58.7 Å². The fourth-order valence-corrected chi connectivity index (χ4v) is 3.90. The Morgan fingerprint density at radius 3 is 2.19 bits per heavy atom. The van der Waals surface area contributed by atoms with Crippen LogP contribution in [-0.2, 0) is 4.74 Å². The van der Waals surface area contributed by atoms with E-state index in [1.807, 2.05) is 26.0 Å². The van der Waals surface area contributed by atoms with Crippen molar-refractivity contribution in [2.24, 2.45) is 0 Å². The average Bonchev–Trinajstić information content (AvgIpc) is 2.89. The molecule has 0 amide bonds. The van der Waals surface area contributed by atoms with Crippen LogP contribution in [0.4, 0.5) is 23.3 Å². The summed E-state index contributed by atoms with van der Waals surface area (Å²) in [5.74, 6) is 0.629. The van der Waals surface area contributed by atoms with Crippen molar-refractivity contribution < 1.29 is 9.47 Å². The largest absolute Gasteiger partial charge is 0.463 e. The van der Waals surface area contributed by atoms with E-state index >= 15 is 0 Å². The summed E-state index contributed by atoms with van der Waals surface area (Å²) in [6, 6.07) is 15.1. The molecule has 2 heterocycles. The number of ether oxygens (including phenoxy) is 2. The normalized spacial score (nSPS) is 13.4. The minimum atomic E-state index is 0.203. The molecule has 36 heavy (non-hydrogen) atoms. The predicted molar refractivity (Wildman–Crippen MR) is 136 cm³/mol. The Bertz CT molecular complexity index is 1250. The molecule has 0 aliphatic carbocycles. The highest BCUT2D eigenvalue weighted by atomic mass is 16.5. The van der Waals surface area contributed by atoms with Gasteiger partial charge in [-0.25, -0.2) is 0 Å². The maximum atomic E-state index is 9.24. The maximum absolute atomic E-state index is 9.24. The smallest absolute Gasteiger partial charge is 0.323 e. The summed E-state index contributed by atoms with van der Waals surface area (Å²) in [7, 11) is 0. The number of rotatable bonds is 9. The molecule has 0 saturated carbocycles. The molecular weight excluding hydrogens is 456 g/mol. The molecule has 1 fully saturated rings. The molecule has 184 valence electrons. The van der Waals surface area contributed by atoms with Crippen LogP contribution in [0.25, 0.3) is 0 Å². The number of aromatic nitrogens is 3. The molecular formula is C26H28N8O2. The highest BCUT2D eigenvalue weighted by Crippen LogP contribution is 2.26. The quantitative estimate of drug-likeness (QED) is 0.432. The monoisotopic (exact) mass is 484 g/mol. The first kappa shape index (κ1) is 24.9. The lowest BCUT2D eigenvalue weighted by atomic mass is 10.1. The van der Waals surface area contributed by atoms with Gasteiger partial charge in [0.25, 0.3) is 0 Å². The number of nitrogens with zero attached hydrogens (tertiary/aromatic N) is 6. The number of hydrogen-bond acceptors (Lipinski definition) is 10. The van der Waals surface area contributed by atoms with E-state index in [1.54, 1.807) is 24.3 Å². The molecule has 0 spiro atoms. The van der Waals surface area contributed by atoms with Crippen LogP contribution in [0.5, 0.6) is 6.01 Å². The number of morpholine rings is 1. The lowest BCUT2D eigenvalue weighted by Crippen LogP contribution is -2.37. The van der Waals surface area contributed by atoms with Gasteiger partial charge in [-0.3, -0.25) is 4.90 Å². The highest BCUT2D eigenvalue weighted by molar-refractivity contribution is 5.66. The summed E-state index contributed by atoms with van der Waals surface area (Å²) >= 11 is 0. The second-order valence-corrected chi connectivity index (χ2v) is 8.46. The summed E-state index contributed by atoms with van der Waals surface area (Å²) in [6.07, 6.45) is 0.834. The third kappa shape index (κ3) is 6.66. The summed E-state index contributed by atoms with van der Waals surface area (Å²) in [4.78, 5) is 15.8. The zero-order chi connectivity index (χ0) is 25.3. The number of benzene rings is 2. The van der Waals surface area contributed by atoms with Gasteiger partial charge in [-0.15, -0.1) is 0 Å². The third-order valence-corrected chi connectivity index (χ3v) is 5.74. The van der Waals surface area contributed by atoms with Crippen LogP contribution in [0.1, 0.15) is 28.7 Å². The molecule has 0 atom stereocenters. The van der Waals surface area contributed by atoms with E-state index in [-0.39, 0.29) is 6.01 Å². The van der Waals surface area contributed by atoms with Gasteiger partial charge < -0.3 is 20.1 Å². The molecule has 3 aromatic rings. The fourth-order valence-electron chi connectivity index (χ4n) is 3.90. The molecule has 10 nitrogen and oxygen atoms in total. The fraction of sp³-hybridized carbons (Fsp3) is 0.346. The SMILES string of the molecule is Cc1cc(C#N)cc(C)c1Nc1nc(Nc2ccc(C#N)cc2)nc(OCCCN2CCOCC2)n1. The third-order valence-electron chi connectivity index (χ3n) is 5.74. The van der Waals surface area contributed by atoms with Crippen LogP contribution in [0.2, 0.25) is 0 Å². The molecule has 1 saturated heterocycles.